The molecule has 4 bridgehead atoms. The standard InChI is InChI=1S/C20H34O3/c1-14(2)20-11-8-15(3)6-7-16(21)18(4)10-9-17(22-18)19(5,23-20)12-13-20/h8,14,16-17,21H,6-7,9-13H2,1-5H3/b15-8-/t16-,17+,18-,19-,20-/m0/s1. The van der Waals surface area contributed by atoms with E-state index in [2.05, 4.69) is 40.7 Å². The largest absolute Gasteiger partial charge is 0.390 e. The monoisotopic (exact) mass is 322 g/mol. The second-order valence-electron chi connectivity index (χ2n) is 8.90. The van der Waals surface area contributed by atoms with Gasteiger partial charge in [-0.3, -0.25) is 0 Å². The number of ether oxygens (including phenoxy) is 2. The molecule has 1 N–H and O–H groups in total. The molecule has 23 heavy (non-hydrogen) atoms. The van der Waals surface area contributed by atoms with Crippen LogP contribution in [0.5, 0.6) is 0 Å². The number of hydrogen-bond donors (Lipinski definition) is 1. The summed E-state index contributed by atoms with van der Waals surface area (Å²) in [5.74, 6) is 0.495. The Morgan fingerprint density at radius 3 is 2.57 bits per heavy atom. The van der Waals surface area contributed by atoms with Gasteiger partial charge in [0.2, 0.25) is 0 Å². The van der Waals surface area contributed by atoms with Crippen LogP contribution in [0.4, 0.5) is 0 Å². The van der Waals surface area contributed by atoms with Crippen molar-refractivity contribution in [2.24, 2.45) is 5.92 Å². The normalized spacial score (nSPS) is 50.3. The van der Waals surface area contributed by atoms with E-state index < -0.39 is 11.7 Å². The Morgan fingerprint density at radius 2 is 1.87 bits per heavy atom. The van der Waals surface area contributed by atoms with Gasteiger partial charge in [-0.1, -0.05) is 25.5 Å². The van der Waals surface area contributed by atoms with Gasteiger partial charge in [-0.15, -0.1) is 0 Å². The smallest absolute Gasteiger partial charge is 0.0924 e. The Kier molecular flexibility index (Phi) is 4.44. The SMILES string of the molecule is C/C1=C/C[C@@]2(C(C)C)CC[C@](C)(O2)[C@H]2CC[C@](C)(O2)[C@@H](O)CC1. The van der Waals surface area contributed by atoms with Crippen LogP contribution >= 0.6 is 0 Å². The van der Waals surface area contributed by atoms with Crippen LogP contribution in [0, 0.1) is 5.92 Å². The molecular weight excluding hydrogens is 288 g/mol. The van der Waals surface area contributed by atoms with Crippen LogP contribution < -0.4 is 0 Å². The molecule has 0 radical (unpaired) electrons. The minimum absolute atomic E-state index is 0.0594. The van der Waals surface area contributed by atoms with Gasteiger partial charge in [0, 0.05) is 0 Å². The Bertz CT molecular complexity index is 485. The number of rotatable bonds is 1. The van der Waals surface area contributed by atoms with Crippen molar-refractivity contribution in [3.63, 3.8) is 0 Å². The summed E-state index contributed by atoms with van der Waals surface area (Å²) in [4.78, 5) is 0. The quantitative estimate of drug-likeness (QED) is 0.728. The molecule has 3 nitrogen and oxygen atoms in total. The van der Waals surface area contributed by atoms with E-state index in [4.69, 9.17) is 9.47 Å². The van der Waals surface area contributed by atoms with Crippen LogP contribution in [0.3, 0.4) is 0 Å². The topological polar surface area (TPSA) is 38.7 Å². The summed E-state index contributed by atoms with van der Waals surface area (Å²) in [5, 5.41) is 10.7. The van der Waals surface area contributed by atoms with Gasteiger partial charge < -0.3 is 14.6 Å². The maximum atomic E-state index is 10.7. The molecule has 0 aromatic heterocycles. The zero-order valence-electron chi connectivity index (χ0n) is 15.5. The molecular formula is C20H34O3. The zero-order valence-corrected chi connectivity index (χ0v) is 15.5. The maximum Gasteiger partial charge on any atom is 0.0924 e. The molecule has 0 spiro atoms. The molecule has 2 saturated heterocycles. The molecule has 3 heteroatoms. The Hall–Kier alpha value is -0.380. The van der Waals surface area contributed by atoms with Crippen molar-refractivity contribution in [1.29, 1.82) is 0 Å². The molecule has 3 heterocycles. The summed E-state index contributed by atoms with van der Waals surface area (Å²) in [5.41, 5.74) is 0.665. The highest BCUT2D eigenvalue weighted by atomic mass is 16.6. The summed E-state index contributed by atoms with van der Waals surface area (Å²) in [7, 11) is 0. The average Bonchev–Trinajstić information content (AvgIpc) is 3.06. The van der Waals surface area contributed by atoms with E-state index in [1.54, 1.807) is 0 Å². The van der Waals surface area contributed by atoms with Crippen molar-refractivity contribution in [3.8, 4) is 0 Å². The van der Waals surface area contributed by atoms with Crippen molar-refractivity contribution < 1.29 is 14.6 Å². The number of hydrogen-bond acceptors (Lipinski definition) is 3. The minimum atomic E-state index is -0.417. The fourth-order valence-electron chi connectivity index (χ4n) is 4.69. The van der Waals surface area contributed by atoms with Gasteiger partial charge in [0.25, 0.3) is 0 Å². The van der Waals surface area contributed by atoms with Crippen molar-refractivity contribution in [1.82, 2.24) is 0 Å². The molecule has 0 aromatic rings. The third kappa shape index (κ3) is 3.01. The van der Waals surface area contributed by atoms with Crippen molar-refractivity contribution in [2.75, 3.05) is 0 Å². The van der Waals surface area contributed by atoms with E-state index in [9.17, 15) is 5.11 Å². The third-order valence-electron chi connectivity index (χ3n) is 6.84. The lowest BCUT2D eigenvalue weighted by Crippen LogP contribution is -2.47. The van der Waals surface area contributed by atoms with Crippen LogP contribution in [0.2, 0.25) is 0 Å². The van der Waals surface area contributed by atoms with E-state index in [1.165, 1.54) is 5.57 Å². The van der Waals surface area contributed by atoms with Gasteiger partial charge in [-0.2, -0.15) is 0 Å². The second-order valence-corrected chi connectivity index (χ2v) is 8.90. The first-order chi connectivity index (χ1) is 10.7. The Morgan fingerprint density at radius 1 is 1.13 bits per heavy atom. The lowest BCUT2D eigenvalue weighted by atomic mass is 9.82. The van der Waals surface area contributed by atoms with Gasteiger partial charge >= 0.3 is 0 Å². The van der Waals surface area contributed by atoms with Crippen LogP contribution in [0.1, 0.15) is 79.6 Å². The number of allylic oxidation sites excluding steroid dienone is 1. The first-order valence-corrected chi connectivity index (χ1v) is 9.41. The molecule has 3 aliphatic heterocycles. The predicted molar refractivity (Wildman–Crippen MR) is 92.4 cm³/mol. The van der Waals surface area contributed by atoms with E-state index in [0.717, 1.165) is 44.9 Å². The fraction of sp³-hybridized carbons (Fsp3) is 0.900. The summed E-state index contributed by atoms with van der Waals surface area (Å²) >= 11 is 0. The van der Waals surface area contributed by atoms with Gasteiger partial charge in [0.15, 0.2) is 0 Å². The Balaban J connectivity index is 1.94. The highest BCUT2D eigenvalue weighted by molar-refractivity contribution is 5.10. The maximum absolute atomic E-state index is 10.7. The average molecular weight is 322 g/mol. The fourth-order valence-corrected chi connectivity index (χ4v) is 4.69. The lowest BCUT2D eigenvalue weighted by molar-refractivity contribution is -0.198. The molecule has 0 saturated carbocycles. The van der Waals surface area contributed by atoms with E-state index in [1.807, 2.05) is 0 Å². The molecule has 5 atom stereocenters. The second kappa shape index (κ2) is 5.86. The minimum Gasteiger partial charge on any atom is -0.390 e. The lowest BCUT2D eigenvalue weighted by Gasteiger charge is -2.40. The van der Waals surface area contributed by atoms with Crippen LogP contribution in [0.25, 0.3) is 0 Å². The zero-order chi connectivity index (χ0) is 16.9. The number of aliphatic hydroxyl groups is 1. The molecule has 2 fully saturated rings. The predicted octanol–water partition coefficient (Wildman–Crippen LogP) is 4.38. The van der Waals surface area contributed by atoms with Crippen LogP contribution in [-0.2, 0) is 9.47 Å². The molecule has 0 unspecified atom stereocenters. The third-order valence-corrected chi connectivity index (χ3v) is 6.84. The summed E-state index contributed by atoms with van der Waals surface area (Å²) in [6.07, 6.45) is 8.84. The number of fused-ring (bicyclic) bond motifs is 5. The summed E-state index contributed by atoms with van der Waals surface area (Å²) in [6.45, 7) is 11.0. The molecule has 132 valence electrons. The van der Waals surface area contributed by atoms with Crippen molar-refractivity contribution in [2.45, 2.75) is 109 Å². The van der Waals surface area contributed by atoms with Crippen LogP contribution in [-0.4, -0.2) is 34.1 Å². The molecule has 3 aliphatic rings. The van der Waals surface area contributed by atoms with Gasteiger partial charge in [0.05, 0.1) is 29.0 Å². The van der Waals surface area contributed by atoms with Crippen molar-refractivity contribution in [3.05, 3.63) is 11.6 Å². The van der Waals surface area contributed by atoms with Gasteiger partial charge in [-0.05, 0) is 71.6 Å². The first kappa shape index (κ1) is 17.4. The van der Waals surface area contributed by atoms with Crippen LogP contribution in [0.15, 0.2) is 11.6 Å². The van der Waals surface area contributed by atoms with Gasteiger partial charge in [0.1, 0.15) is 0 Å². The molecule has 3 rings (SSSR count). The van der Waals surface area contributed by atoms with E-state index in [-0.39, 0.29) is 17.3 Å². The summed E-state index contributed by atoms with van der Waals surface area (Å²) < 4.78 is 13.2. The number of aliphatic hydroxyl groups excluding tert-OH is 1. The molecule has 0 aromatic carbocycles. The highest BCUT2D eigenvalue weighted by Gasteiger charge is 2.56. The molecule has 0 aliphatic carbocycles. The van der Waals surface area contributed by atoms with E-state index in [0.29, 0.717) is 5.92 Å². The van der Waals surface area contributed by atoms with E-state index >= 15 is 0 Å². The van der Waals surface area contributed by atoms with Crippen molar-refractivity contribution >= 4 is 0 Å². The van der Waals surface area contributed by atoms with Gasteiger partial charge in [-0.25, -0.2) is 0 Å². The first-order valence-electron chi connectivity index (χ1n) is 9.41. The summed E-state index contributed by atoms with van der Waals surface area (Å²) in [6, 6.07) is 0. The highest BCUT2D eigenvalue weighted by Crippen LogP contribution is 2.51. The Labute approximate surface area is 141 Å². The molecule has 0 amide bonds.